The predicted octanol–water partition coefficient (Wildman–Crippen LogP) is 7.37. The molecule has 0 heterocycles. The summed E-state index contributed by atoms with van der Waals surface area (Å²) in [7, 11) is 4.34. The molecule has 3 rings (SSSR count). The van der Waals surface area contributed by atoms with E-state index in [9.17, 15) is 20.2 Å². The topological polar surface area (TPSA) is 176 Å². The van der Waals surface area contributed by atoms with Crippen LogP contribution >= 0.6 is 0 Å². The van der Waals surface area contributed by atoms with Gasteiger partial charge in [0.05, 0.1) is 48.6 Å². The highest BCUT2D eigenvalue weighted by atomic mass is 16.6. The summed E-state index contributed by atoms with van der Waals surface area (Å²) in [4.78, 5) is 22.4. The number of benzene rings is 3. The zero-order valence-corrected chi connectivity index (χ0v) is 24.3. The van der Waals surface area contributed by atoms with Gasteiger partial charge in [0, 0.05) is 30.1 Å². The number of nitro groups is 2. The highest BCUT2D eigenvalue weighted by Gasteiger charge is 2.26. The zero-order chi connectivity index (χ0) is 30.6. The number of hydrogen-bond acceptors (Lipinski definition) is 11. The number of nitrogens with zero attached hydrogens (tertiary/aromatic N) is 2. The monoisotopic (exact) mass is 582 g/mol. The van der Waals surface area contributed by atoms with Gasteiger partial charge in [0.25, 0.3) is 11.4 Å². The quantitative estimate of drug-likeness (QED) is 0.0541. The van der Waals surface area contributed by atoms with Crippen LogP contribution in [0.5, 0.6) is 17.2 Å². The van der Waals surface area contributed by atoms with E-state index in [1.807, 2.05) is 6.07 Å². The van der Waals surface area contributed by atoms with Crippen LogP contribution in [0.4, 0.5) is 45.5 Å². The van der Waals surface area contributed by atoms with E-state index in [4.69, 9.17) is 19.9 Å². The van der Waals surface area contributed by atoms with Crippen molar-refractivity contribution in [3.8, 4) is 17.2 Å². The van der Waals surface area contributed by atoms with E-state index < -0.39 is 21.2 Å². The predicted molar refractivity (Wildman–Crippen MR) is 165 cm³/mol. The molecule has 226 valence electrons. The summed E-state index contributed by atoms with van der Waals surface area (Å²) in [5.74, 6) is 0.979. The van der Waals surface area contributed by atoms with Crippen LogP contribution in [0.15, 0.2) is 42.5 Å². The van der Waals surface area contributed by atoms with Crippen molar-refractivity contribution in [2.75, 3.05) is 49.6 Å². The molecule has 42 heavy (non-hydrogen) atoms. The molecular formula is C29H38N6O7. The molecule has 0 aliphatic carbocycles. The summed E-state index contributed by atoms with van der Waals surface area (Å²) in [5, 5.41) is 33.1. The molecular weight excluding hydrogens is 544 g/mol. The first kappa shape index (κ1) is 31.6. The molecule has 0 aliphatic rings. The second-order valence-electron chi connectivity index (χ2n) is 9.56. The fourth-order valence-corrected chi connectivity index (χ4v) is 4.46. The minimum absolute atomic E-state index is 0.00170. The number of nitro benzene ring substituents is 2. The number of nitrogen functional groups attached to an aromatic ring is 1. The van der Waals surface area contributed by atoms with Gasteiger partial charge in [0.2, 0.25) is 5.75 Å². The third-order valence-corrected chi connectivity index (χ3v) is 6.63. The maximum Gasteiger partial charge on any atom is 0.299 e. The van der Waals surface area contributed by atoms with Gasteiger partial charge < -0.3 is 35.9 Å². The number of nitrogens with one attached hydrogen (secondary N) is 3. The first-order valence-electron chi connectivity index (χ1n) is 13.7. The summed E-state index contributed by atoms with van der Waals surface area (Å²) in [6.45, 7) is 3.00. The van der Waals surface area contributed by atoms with Crippen LogP contribution in [0.1, 0.15) is 45.4 Å². The molecule has 3 aromatic rings. The lowest BCUT2D eigenvalue weighted by Crippen LogP contribution is -2.05. The first-order valence-corrected chi connectivity index (χ1v) is 13.7. The second-order valence-corrected chi connectivity index (χ2v) is 9.56. The number of hydrogen-bond donors (Lipinski definition) is 4. The van der Waals surface area contributed by atoms with Crippen LogP contribution in [0, 0.1) is 20.2 Å². The molecule has 0 spiro atoms. The summed E-state index contributed by atoms with van der Waals surface area (Å²) >= 11 is 0. The fourth-order valence-electron chi connectivity index (χ4n) is 4.46. The Labute approximate surface area is 244 Å². The average molecular weight is 583 g/mol. The van der Waals surface area contributed by atoms with Crippen molar-refractivity contribution in [2.45, 2.75) is 45.4 Å². The van der Waals surface area contributed by atoms with Crippen LogP contribution in [-0.4, -0.2) is 37.7 Å². The van der Waals surface area contributed by atoms with Gasteiger partial charge in [-0.05, 0) is 30.7 Å². The molecule has 5 N–H and O–H groups in total. The lowest BCUT2D eigenvalue weighted by Gasteiger charge is -2.16. The molecule has 0 saturated heterocycles. The molecule has 0 bridgehead atoms. The zero-order valence-electron chi connectivity index (χ0n) is 24.3. The molecule has 0 unspecified atom stereocenters. The van der Waals surface area contributed by atoms with Crippen molar-refractivity contribution < 1.29 is 24.1 Å². The standard InChI is InChI=1S/C29H38N6O7/c1-5-6-7-8-9-10-13-31-19-11-12-22(21(30)14-19)33-24-17-23(25(34(36)37)18-26(24)35(38)39)32-20-15-27(40-2)29(42-4)28(16-20)41-3/h11-12,14-18,31-33H,5-10,13,30H2,1-4H3. The number of methoxy groups -OCH3 is 3. The van der Waals surface area contributed by atoms with Gasteiger partial charge in [-0.2, -0.15) is 0 Å². The van der Waals surface area contributed by atoms with E-state index in [1.54, 1.807) is 24.3 Å². The lowest BCUT2D eigenvalue weighted by atomic mass is 10.1. The van der Waals surface area contributed by atoms with Crippen LogP contribution in [0.2, 0.25) is 0 Å². The summed E-state index contributed by atoms with van der Waals surface area (Å²) < 4.78 is 16.1. The SMILES string of the molecule is CCCCCCCCNc1ccc(Nc2cc(Nc3cc(OC)c(OC)c(OC)c3)c([N+](=O)[O-])cc2[N+](=O)[O-])c(N)c1. The number of rotatable bonds is 17. The van der Waals surface area contributed by atoms with E-state index in [0.717, 1.165) is 31.1 Å². The Morgan fingerprint density at radius 1 is 0.714 bits per heavy atom. The minimum Gasteiger partial charge on any atom is -0.493 e. The molecule has 0 aromatic heterocycles. The van der Waals surface area contributed by atoms with Crippen LogP contribution < -0.4 is 35.9 Å². The van der Waals surface area contributed by atoms with E-state index >= 15 is 0 Å². The van der Waals surface area contributed by atoms with Crippen LogP contribution in [0.25, 0.3) is 0 Å². The van der Waals surface area contributed by atoms with Crippen molar-refractivity contribution in [1.82, 2.24) is 0 Å². The number of unbranched alkanes of at least 4 members (excludes halogenated alkanes) is 5. The molecule has 0 saturated carbocycles. The normalized spacial score (nSPS) is 10.6. The highest BCUT2D eigenvalue weighted by Crippen LogP contribution is 2.43. The van der Waals surface area contributed by atoms with Gasteiger partial charge in [-0.25, -0.2) is 0 Å². The van der Waals surface area contributed by atoms with E-state index in [2.05, 4.69) is 22.9 Å². The van der Waals surface area contributed by atoms with Crippen LogP contribution in [0.3, 0.4) is 0 Å². The lowest BCUT2D eigenvalue weighted by molar-refractivity contribution is -0.393. The van der Waals surface area contributed by atoms with Crippen molar-refractivity contribution in [1.29, 1.82) is 0 Å². The summed E-state index contributed by atoms with van der Waals surface area (Å²) in [5.41, 5.74) is 7.27. The third kappa shape index (κ3) is 8.05. The molecule has 0 fully saturated rings. The van der Waals surface area contributed by atoms with Gasteiger partial charge in [-0.1, -0.05) is 39.0 Å². The first-order chi connectivity index (χ1) is 20.2. The van der Waals surface area contributed by atoms with Crippen molar-refractivity contribution >= 4 is 45.5 Å². The van der Waals surface area contributed by atoms with Crippen molar-refractivity contribution in [3.05, 3.63) is 62.7 Å². The van der Waals surface area contributed by atoms with Crippen molar-refractivity contribution in [2.24, 2.45) is 0 Å². The van der Waals surface area contributed by atoms with Gasteiger partial charge in [0.1, 0.15) is 11.4 Å². The Kier molecular flexibility index (Phi) is 11.4. The van der Waals surface area contributed by atoms with Crippen molar-refractivity contribution in [3.63, 3.8) is 0 Å². The van der Waals surface area contributed by atoms with E-state index in [-0.39, 0.29) is 11.4 Å². The molecule has 0 radical (unpaired) electrons. The number of anilines is 6. The number of ether oxygens (including phenoxy) is 3. The average Bonchev–Trinajstić information content (AvgIpc) is 2.97. The Hall–Kier alpha value is -4.94. The molecule has 0 aliphatic heterocycles. The van der Waals surface area contributed by atoms with Gasteiger partial charge >= 0.3 is 0 Å². The van der Waals surface area contributed by atoms with Crippen LogP contribution in [-0.2, 0) is 0 Å². The maximum atomic E-state index is 11.9. The highest BCUT2D eigenvalue weighted by molar-refractivity contribution is 5.85. The Balaban J connectivity index is 1.88. The third-order valence-electron chi connectivity index (χ3n) is 6.63. The molecule has 3 aromatic carbocycles. The Morgan fingerprint density at radius 2 is 1.31 bits per heavy atom. The Bertz CT molecular complexity index is 1370. The summed E-state index contributed by atoms with van der Waals surface area (Å²) in [6.07, 6.45) is 7.13. The molecule has 13 heteroatoms. The Morgan fingerprint density at radius 3 is 1.86 bits per heavy atom. The maximum absolute atomic E-state index is 11.9. The second kappa shape index (κ2) is 15.2. The smallest absolute Gasteiger partial charge is 0.299 e. The van der Waals surface area contributed by atoms with E-state index in [1.165, 1.54) is 53.1 Å². The molecule has 13 nitrogen and oxygen atoms in total. The van der Waals surface area contributed by atoms with Gasteiger partial charge in [-0.15, -0.1) is 0 Å². The molecule has 0 atom stereocenters. The summed E-state index contributed by atoms with van der Waals surface area (Å²) in [6, 6.07) is 10.6. The van der Waals surface area contributed by atoms with Gasteiger partial charge in [-0.3, -0.25) is 20.2 Å². The minimum atomic E-state index is -0.699. The largest absolute Gasteiger partial charge is 0.493 e. The van der Waals surface area contributed by atoms with Gasteiger partial charge in [0.15, 0.2) is 11.5 Å². The molecule has 0 amide bonds. The number of nitrogens with two attached hydrogens (primary N) is 1. The fraction of sp³-hybridized carbons (Fsp3) is 0.379. The van der Waals surface area contributed by atoms with E-state index in [0.29, 0.717) is 34.3 Å².